The van der Waals surface area contributed by atoms with E-state index >= 15 is 0 Å². The third kappa shape index (κ3) is 4.13. The van der Waals surface area contributed by atoms with Crippen molar-refractivity contribution in [1.29, 1.82) is 0 Å². The first kappa shape index (κ1) is 13.6. The lowest BCUT2D eigenvalue weighted by atomic mass is 9.99. The maximum absolute atomic E-state index is 12.7. The number of aliphatic carboxylic acids is 1. The van der Waals surface area contributed by atoms with Gasteiger partial charge in [-0.05, 0) is 24.2 Å². The van der Waals surface area contributed by atoms with Gasteiger partial charge < -0.3 is 15.5 Å². The Morgan fingerprint density at radius 3 is 2.47 bits per heavy atom. The molecule has 0 saturated heterocycles. The molecule has 1 rings (SSSR count). The normalized spacial score (nSPS) is 14.3. The third-order valence-corrected chi connectivity index (χ3v) is 2.45. The molecule has 2 atom stereocenters. The van der Waals surface area contributed by atoms with Crippen LogP contribution in [0.5, 0.6) is 0 Å². The molecule has 0 aliphatic carbocycles. The van der Waals surface area contributed by atoms with Crippen LogP contribution >= 0.6 is 0 Å². The Labute approximate surface area is 99.1 Å². The maximum Gasteiger partial charge on any atom is 0.305 e. The second kappa shape index (κ2) is 6.32. The quantitative estimate of drug-likeness (QED) is 0.702. The number of likely N-dealkylation sites (N-methyl/N-ethyl adjacent to an activating group) is 1. The molecule has 5 heteroatoms. The third-order valence-electron chi connectivity index (χ3n) is 2.45. The van der Waals surface area contributed by atoms with Crippen molar-refractivity contribution in [3.63, 3.8) is 0 Å². The van der Waals surface area contributed by atoms with Crippen molar-refractivity contribution in [3.8, 4) is 0 Å². The van der Waals surface area contributed by atoms with Crippen LogP contribution in [0.1, 0.15) is 25.0 Å². The van der Waals surface area contributed by atoms with E-state index in [2.05, 4.69) is 5.32 Å². The number of hydrogen-bond donors (Lipinski definition) is 3. The smallest absolute Gasteiger partial charge is 0.305 e. The van der Waals surface area contributed by atoms with E-state index in [0.717, 1.165) is 0 Å². The number of carbonyl (C=O) groups is 1. The molecule has 0 heterocycles. The molecule has 0 spiro atoms. The molecule has 4 nitrogen and oxygen atoms in total. The van der Waals surface area contributed by atoms with Crippen LogP contribution in [0, 0.1) is 5.82 Å². The molecule has 2 unspecified atom stereocenters. The average molecular weight is 241 g/mol. The molecular weight excluding hydrogens is 225 g/mol. The van der Waals surface area contributed by atoms with Gasteiger partial charge in [0.05, 0.1) is 12.5 Å². The zero-order chi connectivity index (χ0) is 12.8. The monoisotopic (exact) mass is 241 g/mol. The topological polar surface area (TPSA) is 69.6 Å². The van der Waals surface area contributed by atoms with Crippen molar-refractivity contribution in [3.05, 3.63) is 35.6 Å². The summed E-state index contributed by atoms with van der Waals surface area (Å²) in [6.07, 6.45) is -1.15. The van der Waals surface area contributed by atoms with Gasteiger partial charge in [-0.1, -0.05) is 19.1 Å². The predicted octanol–water partition coefficient (Wildman–Crippen LogP) is 1.31. The van der Waals surface area contributed by atoms with Crippen LogP contribution < -0.4 is 5.32 Å². The first-order chi connectivity index (χ1) is 8.04. The van der Waals surface area contributed by atoms with Crippen LogP contribution in [0.3, 0.4) is 0 Å². The van der Waals surface area contributed by atoms with Gasteiger partial charge in [-0.3, -0.25) is 4.79 Å². The molecule has 0 bridgehead atoms. The van der Waals surface area contributed by atoms with Gasteiger partial charge >= 0.3 is 5.97 Å². The Kier molecular flexibility index (Phi) is 5.06. The van der Waals surface area contributed by atoms with Gasteiger partial charge in [0.1, 0.15) is 5.82 Å². The standard InChI is InChI=1S/C12H16FNO3/c1-2-14-10(7-11(15)16)12(17)8-3-5-9(13)6-4-8/h3-6,10,12,14,17H,2,7H2,1H3,(H,15,16). The maximum atomic E-state index is 12.7. The number of aliphatic hydroxyl groups is 1. The molecule has 1 aromatic carbocycles. The van der Waals surface area contributed by atoms with E-state index in [9.17, 15) is 14.3 Å². The Morgan fingerprint density at radius 1 is 1.41 bits per heavy atom. The first-order valence-corrected chi connectivity index (χ1v) is 5.43. The molecule has 0 radical (unpaired) electrons. The second-order valence-electron chi connectivity index (χ2n) is 3.76. The van der Waals surface area contributed by atoms with E-state index in [1.54, 1.807) is 0 Å². The Bertz CT molecular complexity index is 367. The summed E-state index contributed by atoms with van der Waals surface area (Å²) in [5, 5.41) is 21.6. The zero-order valence-corrected chi connectivity index (χ0v) is 9.56. The first-order valence-electron chi connectivity index (χ1n) is 5.43. The highest BCUT2D eigenvalue weighted by Gasteiger charge is 2.22. The number of carboxylic acid groups (broad SMARTS) is 1. The minimum atomic E-state index is -0.989. The van der Waals surface area contributed by atoms with Gasteiger partial charge in [-0.15, -0.1) is 0 Å². The van der Waals surface area contributed by atoms with Crippen molar-refractivity contribution in [2.45, 2.75) is 25.5 Å². The number of rotatable bonds is 6. The minimum absolute atomic E-state index is 0.188. The van der Waals surface area contributed by atoms with E-state index in [4.69, 9.17) is 5.11 Å². The Hall–Kier alpha value is -1.46. The van der Waals surface area contributed by atoms with Crippen LogP contribution in [0.15, 0.2) is 24.3 Å². The summed E-state index contributed by atoms with van der Waals surface area (Å²) in [4.78, 5) is 10.7. The minimum Gasteiger partial charge on any atom is -0.481 e. The summed E-state index contributed by atoms with van der Waals surface area (Å²) >= 11 is 0. The van der Waals surface area contributed by atoms with E-state index < -0.39 is 18.1 Å². The molecule has 0 aromatic heterocycles. The second-order valence-corrected chi connectivity index (χ2v) is 3.76. The molecule has 17 heavy (non-hydrogen) atoms. The van der Waals surface area contributed by atoms with Crippen LogP contribution in [-0.2, 0) is 4.79 Å². The van der Waals surface area contributed by atoms with E-state index in [1.807, 2.05) is 6.92 Å². The number of carboxylic acids is 1. The van der Waals surface area contributed by atoms with E-state index in [1.165, 1.54) is 24.3 Å². The predicted molar refractivity (Wildman–Crippen MR) is 61.1 cm³/mol. The summed E-state index contributed by atoms with van der Waals surface area (Å²) < 4.78 is 12.7. The summed E-state index contributed by atoms with van der Waals surface area (Å²) in [5.74, 6) is -1.38. The van der Waals surface area contributed by atoms with Gasteiger partial charge in [0, 0.05) is 6.04 Å². The molecule has 3 N–H and O–H groups in total. The summed E-state index contributed by atoms with van der Waals surface area (Å²) in [6.45, 7) is 2.38. The highest BCUT2D eigenvalue weighted by atomic mass is 19.1. The van der Waals surface area contributed by atoms with Crippen molar-refractivity contribution in [2.75, 3.05) is 6.54 Å². The fourth-order valence-electron chi connectivity index (χ4n) is 1.64. The fraction of sp³-hybridized carbons (Fsp3) is 0.417. The summed E-state index contributed by atoms with van der Waals surface area (Å²) in [5.41, 5.74) is 0.499. The van der Waals surface area contributed by atoms with Gasteiger partial charge in [0.2, 0.25) is 0 Å². The van der Waals surface area contributed by atoms with E-state index in [0.29, 0.717) is 12.1 Å². The number of benzene rings is 1. The molecular formula is C12H16FNO3. The average Bonchev–Trinajstić information content (AvgIpc) is 2.28. The highest BCUT2D eigenvalue weighted by Crippen LogP contribution is 2.19. The summed E-state index contributed by atoms with van der Waals surface area (Å²) in [6, 6.07) is 4.80. The van der Waals surface area contributed by atoms with Gasteiger partial charge in [-0.25, -0.2) is 4.39 Å². The zero-order valence-electron chi connectivity index (χ0n) is 9.56. The van der Waals surface area contributed by atoms with Crippen molar-refractivity contribution >= 4 is 5.97 Å². The van der Waals surface area contributed by atoms with E-state index in [-0.39, 0.29) is 12.2 Å². The van der Waals surface area contributed by atoms with Gasteiger partial charge in [0.15, 0.2) is 0 Å². The molecule has 0 fully saturated rings. The number of hydrogen-bond acceptors (Lipinski definition) is 3. The lowest BCUT2D eigenvalue weighted by Gasteiger charge is -2.22. The van der Waals surface area contributed by atoms with Crippen LogP contribution in [0.4, 0.5) is 4.39 Å². The van der Waals surface area contributed by atoms with Crippen LogP contribution in [0.25, 0.3) is 0 Å². The van der Waals surface area contributed by atoms with Crippen molar-refractivity contribution in [1.82, 2.24) is 5.32 Å². The Balaban J connectivity index is 2.79. The van der Waals surface area contributed by atoms with Crippen LogP contribution in [-0.4, -0.2) is 28.8 Å². The van der Waals surface area contributed by atoms with Crippen molar-refractivity contribution < 1.29 is 19.4 Å². The van der Waals surface area contributed by atoms with Crippen LogP contribution in [0.2, 0.25) is 0 Å². The SMILES string of the molecule is CCNC(CC(=O)O)C(O)c1ccc(F)cc1. The molecule has 0 aliphatic heterocycles. The fourth-order valence-corrected chi connectivity index (χ4v) is 1.64. The molecule has 94 valence electrons. The van der Waals surface area contributed by atoms with Crippen molar-refractivity contribution in [2.24, 2.45) is 0 Å². The number of halogens is 1. The van der Waals surface area contributed by atoms with Gasteiger partial charge in [-0.2, -0.15) is 0 Å². The largest absolute Gasteiger partial charge is 0.481 e. The molecule has 0 aliphatic rings. The van der Waals surface area contributed by atoms with Gasteiger partial charge in [0.25, 0.3) is 0 Å². The number of aliphatic hydroxyl groups excluding tert-OH is 1. The Morgan fingerprint density at radius 2 is 2.00 bits per heavy atom. The molecule has 1 aromatic rings. The number of nitrogens with one attached hydrogen (secondary N) is 1. The lowest BCUT2D eigenvalue weighted by molar-refractivity contribution is -0.138. The summed E-state index contributed by atoms with van der Waals surface area (Å²) in [7, 11) is 0. The highest BCUT2D eigenvalue weighted by molar-refractivity contribution is 5.67. The lowest BCUT2D eigenvalue weighted by Crippen LogP contribution is -2.36. The molecule has 0 amide bonds. The molecule has 0 saturated carbocycles.